The van der Waals surface area contributed by atoms with Crippen molar-refractivity contribution >= 4 is 5.91 Å². The fourth-order valence-corrected chi connectivity index (χ4v) is 3.64. The van der Waals surface area contributed by atoms with E-state index in [1.54, 1.807) is 0 Å². The zero-order chi connectivity index (χ0) is 15.6. The number of amides is 1. The summed E-state index contributed by atoms with van der Waals surface area (Å²) in [6.07, 6.45) is 7.84. The number of rotatable bonds is 4. The van der Waals surface area contributed by atoms with Crippen LogP contribution < -0.4 is 5.32 Å². The van der Waals surface area contributed by atoms with Crippen molar-refractivity contribution in [2.45, 2.75) is 63.5 Å². The summed E-state index contributed by atoms with van der Waals surface area (Å²) < 4.78 is 0. The van der Waals surface area contributed by atoms with Gasteiger partial charge in [-0.15, -0.1) is 0 Å². The second-order valence-corrected chi connectivity index (χ2v) is 7.28. The average molecular weight is 300 g/mol. The summed E-state index contributed by atoms with van der Waals surface area (Å²) >= 11 is 0. The summed E-state index contributed by atoms with van der Waals surface area (Å²) in [7, 11) is 2.09. The first kappa shape index (κ1) is 15.5. The van der Waals surface area contributed by atoms with Gasteiger partial charge in [0, 0.05) is 5.54 Å². The van der Waals surface area contributed by atoms with Crippen LogP contribution in [0.4, 0.5) is 0 Å². The first-order chi connectivity index (χ1) is 10.6. The van der Waals surface area contributed by atoms with Crippen LogP contribution in [0.15, 0.2) is 24.3 Å². The molecule has 1 saturated carbocycles. The lowest BCUT2D eigenvalue weighted by molar-refractivity contribution is -0.127. The molecule has 1 saturated heterocycles. The summed E-state index contributed by atoms with van der Waals surface area (Å²) in [5, 5.41) is 3.38. The van der Waals surface area contributed by atoms with Gasteiger partial charge in [-0.2, -0.15) is 0 Å². The van der Waals surface area contributed by atoms with Crippen LogP contribution in [-0.2, 0) is 11.2 Å². The van der Waals surface area contributed by atoms with Gasteiger partial charge in [0.2, 0.25) is 5.91 Å². The lowest BCUT2D eigenvalue weighted by atomic mass is 10.0. The van der Waals surface area contributed by atoms with Gasteiger partial charge < -0.3 is 5.32 Å². The molecular formula is C19H28N2O. The van der Waals surface area contributed by atoms with Crippen molar-refractivity contribution in [2.75, 3.05) is 13.6 Å². The van der Waals surface area contributed by atoms with Gasteiger partial charge in [0.25, 0.3) is 0 Å². The van der Waals surface area contributed by atoms with Crippen molar-refractivity contribution in [2.24, 2.45) is 0 Å². The van der Waals surface area contributed by atoms with Crippen LogP contribution in [0.25, 0.3) is 0 Å². The van der Waals surface area contributed by atoms with Crippen molar-refractivity contribution < 1.29 is 4.79 Å². The van der Waals surface area contributed by atoms with E-state index in [1.807, 2.05) is 0 Å². The van der Waals surface area contributed by atoms with E-state index in [0.29, 0.717) is 0 Å². The molecule has 1 aliphatic carbocycles. The third-order valence-electron chi connectivity index (χ3n) is 5.19. The van der Waals surface area contributed by atoms with E-state index in [0.717, 1.165) is 32.2 Å². The van der Waals surface area contributed by atoms with E-state index < -0.39 is 0 Å². The van der Waals surface area contributed by atoms with E-state index in [4.69, 9.17) is 0 Å². The minimum absolute atomic E-state index is 0.0258. The summed E-state index contributed by atoms with van der Waals surface area (Å²) in [6.45, 7) is 3.17. The Morgan fingerprint density at radius 3 is 2.86 bits per heavy atom. The summed E-state index contributed by atoms with van der Waals surface area (Å²) in [5.74, 6) is 0.245. The summed E-state index contributed by atoms with van der Waals surface area (Å²) in [6, 6.07) is 8.72. The first-order valence-electron chi connectivity index (χ1n) is 8.66. The van der Waals surface area contributed by atoms with Crippen molar-refractivity contribution in [3.8, 4) is 0 Å². The van der Waals surface area contributed by atoms with Crippen LogP contribution in [0.3, 0.4) is 0 Å². The Morgan fingerprint density at radius 2 is 2.14 bits per heavy atom. The monoisotopic (exact) mass is 300 g/mol. The third kappa shape index (κ3) is 3.70. The van der Waals surface area contributed by atoms with Crippen LogP contribution in [0.1, 0.15) is 49.7 Å². The lowest BCUT2D eigenvalue weighted by Crippen LogP contribution is -2.49. The molecule has 3 nitrogen and oxygen atoms in total. The Labute approximate surface area is 134 Å². The number of nitrogens with one attached hydrogen (secondary N) is 1. The normalized spacial score (nSPS) is 24.5. The standard InChI is InChI=1S/C19H28N2O/c1-15-7-6-8-16(13-15)14-19(10-11-19)20-18(22)17-9-4-3-5-12-21(17)2/h6-8,13,17H,3-5,9-12,14H2,1-2H3,(H,20,22)/t17-/m1/s1. The largest absolute Gasteiger partial charge is 0.349 e. The summed E-state index contributed by atoms with van der Waals surface area (Å²) in [4.78, 5) is 15.0. The van der Waals surface area contributed by atoms with E-state index >= 15 is 0 Å². The minimum atomic E-state index is 0.0258. The molecule has 3 heteroatoms. The van der Waals surface area contributed by atoms with Gasteiger partial charge >= 0.3 is 0 Å². The second-order valence-electron chi connectivity index (χ2n) is 7.28. The van der Waals surface area contributed by atoms with Gasteiger partial charge in [0.1, 0.15) is 0 Å². The maximum Gasteiger partial charge on any atom is 0.237 e. The SMILES string of the molecule is Cc1cccc(CC2(NC(=O)[C@H]3CCCCCN3C)CC2)c1. The van der Waals surface area contributed by atoms with E-state index in [9.17, 15) is 4.79 Å². The fourth-order valence-electron chi connectivity index (χ4n) is 3.64. The Hall–Kier alpha value is -1.35. The first-order valence-corrected chi connectivity index (χ1v) is 8.66. The minimum Gasteiger partial charge on any atom is -0.349 e. The number of carbonyl (C=O) groups excluding carboxylic acids is 1. The molecule has 1 aromatic carbocycles. The van der Waals surface area contributed by atoms with E-state index in [2.05, 4.69) is 48.5 Å². The number of carbonyl (C=O) groups is 1. The quantitative estimate of drug-likeness (QED) is 0.927. The number of likely N-dealkylation sites (N-methyl/N-ethyl adjacent to an activating group) is 1. The molecule has 2 aliphatic rings. The highest BCUT2D eigenvalue weighted by molar-refractivity contribution is 5.83. The van der Waals surface area contributed by atoms with Crippen LogP contribution in [0, 0.1) is 6.92 Å². The molecule has 1 amide bonds. The molecule has 1 heterocycles. The van der Waals surface area contributed by atoms with Crippen molar-refractivity contribution in [3.63, 3.8) is 0 Å². The molecule has 1 aliphatic heterocycles. The predicted octanol–water partition coefficient (Wildman–Crippen LogP) is 3.06. The van der Waals surface area contributed by atoms with Crippen molar-refractivity contribution in [1.82, 2.24) is 10.2 Å². The van der Waals surface area contributed by atoms with Gasteiger partial charge in [-0.3, -0.25) is 9.69 Å². The summed E-state index contributed by atoms with van der Waals surface area (Å²) in [5.41, 5.74) is 2.66. The molecule has 3 rings (SSSR count). The van der Waals surface area contributed by atoms with Gasteiger partial charge in [0.15, 0.2) is 0 Å². The second kappa shape index (κ2) is 6.41. The Morgan fingerprint density at radius 1 is 1.32 bits per heavy atom. The van der Waals surface area contributed by atoms with Crippen LogP contribution in [-0.4, -0.2) is 36.0 Å². The van der Waals surface area contributed by atoms with E-state index in [-0.39, 0.29) is 17.5 Å². The number of likely N-dealkylation sites (tertiary alicyclic amines) is 1. The molecular weight excluding hydrogens is 272 g/mol. The molecule has 0 radical (unpaired) electrons. The van der Waals surface area contributed by atoms with Crippen molar-refractivity contribution in [3.05, 3.63) is 35.4 Å². The van der Waals surface area contributed by atoms with Gasteiger partial charge in [-0.25, -0.2) is 0 Å². The molecule has 2 fully saturated rings. The number of benzene rings is 1. The van der Waals surface area contributed by atoms with Crippen molar-refractivity contribution in [1.29, 1.82) is 0 Å². The highest BCUT2D eigenvalue weighted by Gasteiger charge is 2.45. The smallest absolute Gasteiger partial charge is 0.237 e. The number of hydrogen-bond donors (Lipinski definition) is 1. The Balaban J connectivity index is 1.63. The van der Waals surface area contributed by atoms with Crippen LogP contribution in [0.5, 0.6) is 0 Å². The molecule has 22 heavy (non-hydrogen) atoms. The molecule has 1 atom stereocenters. The molecule has 120 valence electrons. The molecule has 0 spiro atoms. The fraction of sp³-hybridized carbons (Fsp3) is 0.632. The number of aryl methyl sites for hydroxylation is 1. The maximum absolute atomic E-state index is 12.7. The third-order valence-corrected chi connectivity index (χ3v) is 5.19. The zero-order valence-electron chi connectivity index (χ0n) is 13.9. The Bertz CT molecular complexity index is 536. The van der Waals surface area contributed by atoms with Gasteiger partial charge in [-0.1, -0.05) is 42.7 Å². The zero-order valence-corrected chi connectivity index (χ0v) is 13.9. The van der Waals surface area contributed by atoms with Crippen LogP contribution >= 0.6 is 0 Å². The highest BCUT2D eigenvalue weighted by Crippen LogP contribution is 2.39. The highest BCUT2D eigenvalue weighted by atomic mass is 16.2. The topological polar surface area (TPSA) is 32.3 Å². The molecule has 1 N–H and O–H groups in total. The van der Waals surface area contributed by atoms with Crippen LogP contribution in [0.2, 0.25) is 0 Å². The van der Waals surface area contributed by atoms with Gasteiger partial charge in [0.05, 0.1) is 6.04 Å². The van der Waals surface area contributed by atoms with Gasteiger partial charge in [-0.05, 0) is 58.2 Å². The Kier molecular flexibility index (Phi) is 4.53. The molecule has 0 unspecified atom stereocenters. The predicted molar refractivity (Wildman–Crippen MR) is 89.9 cm³/mol. The number of hydrogen-bond acceptors (Lipinski definition) is 2. The maximum atomic E-state index is 12.7. The van der Waals surface area contributed by atoms with E-state index in [1.165, 1.54) is 30.4 Å². The lowest BCUT2D eigenvalue weighted by Gasteiger charge is -2.27. The molecule has 0 aromatic heterocycles. The number of nitrogens with zero attached hydrogens (tertiary/aromatic N) is 1. The molecule has 0 bridgehead atoms. The average Bonchev–Trinajstić information content (AvgIpc) is 3.23. The molecule has 1 aromatic rings.